The molecule has 0 aliphatic heterocycles. The minimum absolute atomic E-state index is 0.00238. The minimum Gasteiger partial charge on any atom is -0.475 e. The molecule has 1 heterocycles. The second-order valence-corrected chi connectivity index (χ2v) is 3.13. The zero-order chi connectivity index (χ0) is 13.1. The zero-order valence-corrected chi connectivity index (χ0v) is 8.33. The van der Waals surface area contributed by atoms with E-state index in [1.54, 1.807) is 0 Å². The summed E-state index contributed by atoms with van der Waals surface area (Å²) in [5.74, 6) is -6.12. The van der Waals surface area contributed by atoms with Gasteiger partial charge in [0.2, 0.25) is 5.76 Å². The number of carboxylic acid groups (broad SMARTS) is 1. The number of carboxylic acids is 1. The third-order valence-corrected chi connectivity index (χ3v) is 1.81. The largest absolute Gasteiger partial charge is 0.475 e. The number of rotatable bonds is 6. The molecule has 17 heavy (non-hydrogen) atoms. The average Bonchev–Trinajstić information content (AvgIpc) is 2.65. The van der Waals surface area contributed by atoms with Gasteiger partial charge >= 0.3 is 18.3 Å². The number of carbonyl (C=O) groups is 1. The van der Waals surface area contributed by atoms with Gasteiger partial charge in [-0.1, -0.05) is 0 Å². The predicted octanol–water partition coefficient (Wildman–Crippen LogP) is 2.39. The lowest BCUT2D eigenvalue weighted by Crippen LogP contribution is -2.32. The van der Waals surface area contributed by atoms with Crippen LogP contribution in [-0.4, -0.2) is 30.0 Å². The topological polar surface area (TPSA) is 59.7 Å². The minimum atomic E-state index is -4.26. The monoisotopic (exact) mass is 256 g/mol. The van der Waals surface area contributed by atoms with Crippen LogP contribution in [0.2, 0.25) is 0 Å². The fourth-order valence-electron chi connectivity index (χ4n) is 0.997. The molecule has 0 radical (unpaired) electrons. The summed E-state index contributed by atoms with van der Waals surface area (Å²) in [6, 6.07) is 1.20. The molecule has 0 bridgehead atoms. The van der Waals surface area contributed by atoms with Gasteiger partial charge in [0.05, 0.1) is 12.9 Å². The molecule has 1 aromatic heterocycles. The van der Waals surface area contributed by atoms with E-state index >= 15 is 0 Å². The normalized spacial score (nSPS) is 12.1. The van der Waals surface area contributed by atoms with Crippen LogP contribution in [0.5, 0.6) is 0 Å². The van der Waals surface area contributed by atoms with E-state index in [-0.39, 0.29) is 5.56 Å². The molecule has 1 N–H and O–H groups in total. The Kier molecular flexibility index (Phi) is 4.11. The molecule has 0 spiro atoms. The lowest BCUT2D eigenvalue weighted by Gasteiger charge is -2.14. The molecule has 8 heteroatoms. The van der Waals surface area contributed by atoms with Gasteiger partial charge < -0.3 is 14.3 Å². The van der Waals surface area contributed by atoms with Gasteiger partial charge in [-0.2, -0.15) is 8.78 Å². The summed E-state index contributed by atoms with van der Waals surface area (Å²) in [6.07, 6.45) is -2.79. The van der Waals surface area contributed by atoms with E-state index in [4.69, 9.17) is 5.11 Å². The summed E-state index contributed by atoms with van der Waals surface area (Å²) in [5, 5.41) is 8.58. The SMILES string of the molecule is O=C(O)c1occc1COCC(F)(F)C(F)F. The third kappa shape index (κ3) is 3.45. The van der Waals surface area contributed by atoms with E-state index in [1.807, 2.05) is 0 Å². The quantitative estimate of drug-likeness (QED) is 0.794. The van der Waals surface area contributed by atoms with Gasteiger partial charge in [0, 0.05) is 5.56 Å². The van der Waals surface area contributed by atoms with Crippen LogP contribution in [0.1, 0.15) is 16.1 Å². The van der Waals surface area contributed by atoms with Crippen molar-refractivity contribution in [3.8, 4) is 0 Å². The average molecular weight is 256 g/mol. The van der Waals surface area contributed by atoms with Crippen LogP contribution in [0.25, 0.3) is 0 Å². The van der Waals surface area contributed by atoms with Crippen molar-refractivity contribution >= 4 is 5.97 Å². The Morgan fingerprint density at radius 3 is 2.71 bits per heavy atom. The summed E-state index contributed by atoms with van der Waals surface area (Å²) >= 11 is 0. The maximum atomic E-state index is 12.4. The van der Waals surface area contributed by atoms with Crippen LogP contribution < -0.4 is 0 Å². The molecule has 0 aromatic carbocycles. The van der Waals surface area contributed by atoms with Gasteiger partial charge in [-0.25, -0.2) is 13.6 Å². The van der Waals surface area contributed by atoms with E-state index in [2.05, 4.69) is 9.15 Å². The number of halogens is 4. The number of ether oxygens (including phenoxy) is 1. The van der Waals surface area contributed by atoms with Gasteiger partial charge in [0.25, 0.3) is 0 Å². The smallest absolute Gasteiger partial charge is 0.372 e. The second-order valence-electron chi connectivity index (χ2n) is 3.13. The number of aromatic carboxylic acids is 1. The molecule has 0 saturated carbocycles. The summed E-state index contributed by atoms with van der Waals surface area (Å²) in [7, 11) is 0. The Balaban J connectivity index is 2.52. The van der Waals surface area contributed by atoms with Crippen molar-refractivity contribution in [2.24, 2.45) is 0 Å². The molecule has 0 unspecified atom stereocenters. The lowest BCUT2D eigenvalue weighted by atomic mass is 10.2. The van der Waals surface area contributed by atoms with Gasteiger partial charge in [0.15, 0.2) is 0 Å². The van der Waals surface area contributed by atoms with Crippen LogP contribution in [0.4, 0.5) is 17.6 Å². The molecule has 0 aliphatic rings. The molecule has 0 amide bonds. The highest BCUT2D eigenvalue weighted by Gasteiger charge is 2.41. The van der Waals surface area contributed by atoms with Gasteiger partial charge in [-0.05, 0) is 6.07 Å². The van der Waals surface area contributed by atoms with Gasteiger partial charge in [0.1, 0.15) is 6.61 Å². The first-order valence-corrected chi connectivity index (χ1v) is 4.38. The Morgan fingerprint density at radius 2 is 2.18 bits per heavy atom. The van der Waals surface area contributed by atoms with E-state index in [0.717, 1.165) is 6.26 Å². The van der Waals surface area contributed by atoms with Gasteiger partial charge in [-0.15, -0.1) is 0 Å². The standard InChI is InChI=1S/C9H8F4O4/c10-8(11)9(12,13)4-16-3-5-1-2-17-6(5)7(14)15/h1-2,8H,3-4H2,(H,14,15). The summed E-state index contributed by atoms with van der Waals surface area (Å²) in [5.41, 5.74) is 0.00238. The fraction of sp³-hybridized carbons (Fsp3) is 0.444. The van der Waals surface area contributed by atoms with E-state index in [1.165, 1.54) is 6.07 Å². The highest BCUT2D eigenvalue weighted by Crippen LogP contribution is 2.23. The molecule has 0 fully saturated rings. The van der Waals surface area contributed by atoms with Gasteiger partial charge in [-0.3, -0.25) is 0 Å². The molecule has 0 aliphatic carbocycles. The summed E-state index contributed by atoms with van der Waals surface area (Å²) in [4.78, 5) is 10.5. The molecule has 0 atom stereocenters. The third-order valence-electron chi connectivity index (χ3n) is 1.81. The van der Waals surface area contributed by atoms with Crippen molar-refractivity contribution in [3.05, 3.63) is 23.7 Å². The van der Waals surface area contributed by atoms with E-state index < -0.39 is 37.3 Å². The van der Waals surface area contributed by atoms with Crippen molar-refractivity contribution in [1.82, 2.24) is 0 Å². The first-order chi connectivity index (χ1) is 7.84. The molecule has 0 saturated heterocycles. The molecular weight excluding hydrogens is 248 g/mol. The molecule has 1 aromatic rings. The van der Waals surface area contributed by atoms with E-state index in [0.29, 0.717) is 0 Å². The van der Waals surface area contributed by atoms with Crippen LogP contribution >= 0.6 is 0 Å². The first-order valence-electron chi connectivity index (χ1n) is 4.38. The second kappa shape index (κ2) is 5.17. The first kappa shape index (κ1) is 13.5. The van der Waals surface area contributed by atoms with Crippen LogP contribution in [-0.2, 0) is 11.3 Å². The van der Waals surface area contributed by atoms with E-state index in [9.17, 15) is 22.4 Å². The summed E-state index contributed by atoms with van der Waals surface area (Å²) in [6.45, 7) is -2.03. The number of hydrogen-bond acceptors (Lipinski definition) is 3. The Labute approximate surface area is 92.8 Å². The van der Waals surface area contributed by atoms with Crippen LogP contribution in [0, 0.1) is 0 Å². The number of alkyl halides is 4. The molecule has 96 valence electrons. The fourth-order valence-corrected chi connectivity index (χ4v) is 0.997. The van der Waals surface area contributed by atoms with Crippen molar-refractivity contribution in [3.63, 3.8) is 0 Å². The number of furan rings is 1. The van der Waals surface area contributed by atoms with Crippen LogP contribution in [0.15, 0.2) is 16.7 Å². The molecular formula is C9H8F4O4. The van der Waals surface area contributed by atoms with Crippen molar-refractivity contribution < 1.29 is 36.6 Å². The lowest BCUT2D eigenvalue weighted by molar-refractivity contribution is -0.168. The maximum absolute atomic E-state index is 12.4. The molecule has 1 rings (SSSR count). The van der Waals surface area contributed by atoms with Crippen LogP contribution in [0.3, 0.4) is 0 Å². The maximum Gasteiger partial charge on any atom is 0.372 e. The van der Waals surface area contributed by atoms with Crippen molar-refractivity contribution in [2.75, 3.05) is 6.61 Å². The Bertz CT molecular complexity index is 388. The van der Waals surface area contributed by atoms with Crippen molar-refractivity contribution in [2.45, 2.75) is 19.0 Å². The summed E-state index contributed by atoms with van der Waals surface area (Å²) < 4.78 is 57.2. The highest BCUT2D eigenvalue weighted by molar-refractivity contribution is 5.85. The Morgan fingerprint density at radius 1 is 1.53 bits per heavy atom. The Hall–Kier alpha value is -1.57. The zero-order valence-electron chi connectivity index (χ0n) is 8.33. The van der Waals surface area contributed by atoms with Crippen molar-refractivity contribution in [1.29, 1.82) is 0 Å². The molecule has 4 nitrogen and oxygen atoms in total. The predicted molar refractivity (Wildman–Crippen MR) is 46.3 cm³/mol. The number of hydrogen-bond donors (Lipinski definition) is 1. The highest BCUT2D eigenvalue weighted by atomic mass is 19.3.